The number of aromatic nitrogens is 5. The monoisotopic (exact) mass is 270 g/mol. The summed E-state index contributed by atoms with van der Waals surface area (Å²) in [6.45, 7) is 1.70. The maximum absolute atomic E-state index is 11.9. The van der Waals surface area contributed by atoms with E-state index in [-0.39, 0.29) is 23.2 Å². The van der Waals surface area contributed by atoms with E-state index in [1.54, 1.807) is 25.3 Å². The molecule has 0 saturated carbocycles. The molecule has 100 valence electrons. The number of aryl methyl sites for hydroxylation is 1. The summed E-state index contributed by atoms with van der Waals surface area (Å²) in [5, 5.41) is 5.22. The highest BCUT2D eigenvalue weighted by atomic mass is 16.2. The van der Waals surface area contributed by atoms with E-state index >= 15 is 0 Å². The number of hydrogen-bond donors (Lipinski definition) is 2. The van der Waals surface area contributed by atoms with Gasteiger partial charge in [0.25, 0.3) is 17.2 Å². The maximum Gasteiger partial charge on any atom is 0.274 e. The number of pyridine rings is 1. The molecule has 0 radical (unpaired) electrons. The highest BCUT2D eigenvalue weighted by Gasteiger charge is 2.10. The Bertz CT molecular complexity index is 836. The molecule has 1 amide bonds. The van der Waals surface area contributed by atoms with Gasteiger partial charge in [-0.3, -0.25) is 25.0 Å². The van der Waals surface area contributed by atoms with Gasteiger partial charge in [0, 0.05) is 24.2 Å². The zero-order valence-corrected chi connectivity index (χ0v) is 10.5. The van der Waals surface area contributed by atoms with E-state index in [1.807, 2.05) is 0 Å². The molecule has 20 heavy (non-hydrogen) atoms. The van der Waals surface area contributed by atoms with Crippen molar-refractivity contribution in [3.05, 3.63) is 52.2 Å². The zero-order valence-electron chi connectivity index (χ0n) is 10.5. The third kappa shape index (κ3) is 2.14. The number of anilines is 1. The number of aromatic amines is 1. The summed E-state index contributed by atoms with van der Waals surface area (Å²) in [6.07, 6.45) is 3.01. The van der Waals surface area contributed by atoms with E-state index in [9.17, 15) is 9.59 Å². The molecule has 2 N–H and O–H groups in total. The number of amides is 1. The van der Waals surface area contributed by atoms with Crippen molar-refractivity contribution >= 4 is 17.6 Å². The third-order valence-electron chi connectivity index (χ3n) is 2.61. The standard InChI is InChI=1S/C12H10N6O2/c1-7-5-9(19)18-12(14-7)16-11(17-18)15-10(20)8-3-2-4-13-6-8/h2-6H,1H3,(H2,14,15,16,17,20). The number of rotatable bonds is 2. The number of fused-ring (bicyclic) bond motifs is 1. The molecule has 0 unspecified atom stereocenters. The van der Waals surface area contributed by atoms with Crippen molar-refractivity contribution in [2.75, 3.05) is 5.32 Å². The molecule has 3 rings (SSSR count). The zero-order chi connectivity index (χ0) is 14.1. The van der Waals surface area contributed by atoms with Crippen LogP contribution in [0.15, 0.2) is 35.4 Å². The van der Waals surface area contributed by atoms with Crippen LogP contribution in [0.4, 0.5) is 5.95 Å². The third-order valence-corrected chi connectivity index (χ3v) is 2.61. The van der Waals surface area contributed by atoms with Crippen molar-refractivity contribution in [1.29, 1.82) is 0 Å². The number of nitrogens with zero attached hydrogens (tertiary/aromatic N) is 4. The van der Waals surface area contributed by atoms with Gasteiger partial charge in [-0.2, -0.15) is 9.50 Å². The highest BCUT2D eigenvalue weighted by molar-refractivity contribution is 6.03. The van der Waals surface area contributed by atoms with Crippen molar-refractivity contribution in [2.45, 2.75) is 6.92 Å². The summed E-state index contributed by atoms with van der Waals surface area (Å²) < 4.78 is 1.16. The Morgan fingerprint density at radius 2 is 2.25 bits per heavy atom. The molecule has 0 spiro atoms. The van der Waals surface area contributed by atoms with Crippen LogP contribution in [0.25, 0.3) is 5.78 Å². The fourth-order valence-electron chi connectivity index (χ4n) is 1.73. The Labute approximate surface area is 112 Å². The van der Waals surface area contributed by atoms with Crippen LogP contribution < -0.4 is 10.9 Å². The van der Waals surface area contributed by atoms with Gasteiger partial charge in [0.2, 0.25) is 5.95 Å². The number of nitrogens with one attached hydrogen (secondary N) is 2. The number of hydrogen-bond acceptors (Lipinski definition) is 5. The van der Waals surface area contributed by atoms with Gasteiger partial charge >= 0.3 is 0 Å². The van der Waals surface area contributed by atoms with Crippen LogP contribution in [-0.4, -0.2) is 30.5 Å². The number of carbonyl (C=O) groups excluding carboxylic acids is 1. The molecule has 3 aromatic rings. The van der Waals surface area contributed by atoms with E-state index in [1.165, 1.54) is 12.3 Å². The van der Waals surface area contributed by atoms with Gasteiger partial charge in [-0.15, -0.1) is 0 Å². The lowest BCUT2D eigenvalue weighted by Crippen LogP contribution is -2.16. The van der Waals surface area contributed by atoms with Gasteiger partial charge < -0.3 is 0 Å². The van der Waals surface area contributed by atoms with Crippen molar-refractivity contribution in [2.24, 2.45) is 0 Å². The summed E-state index contributed by atoms with van der Waals surface area (Å²) >= 11 is 0. The lowest BCUT2D eigenvalue weighted by Gasteiger charge is -1.99. The Balaban J connectivity index is 1.94. The van der Waals surface area contributed by atoms with Gasteiger partial charge in [-0.1, -0.05) is 0 Å². The molecule has 0 aliphatic heterocycles. The SMILES string of the molecule is Cc1cc(=O)n2[nH]c(NC(=O)c3cccnc3)nc2n1. The molecule has 0 saturated heterocycles. The normalized spacial score (nSPS) is 10.7. The maximum atomic E-state index is 11.9. The Morgan fingerprint density at radius 3 is 3.00 bits per heavy atom. The van der Waals surface area contributed by atoms with Gasteiger partial charge in [0.1, 0.15) is 0 Å². The van der Waals surface area contributed by atoms with E-state index in [0.29, 0.717) is 11.3 Å². The van der Waals surface area contributed by atoms with Crippen LogP contribution in [0, 0.1) is 6.92 Å². The second-order valence-corrected chi connectivity index (χ2v) is 4.14. The molecular weight excluding hydrogens is 260 g/mol. The van der Waals surface area contributed by atoms with Crippen molar-refractivity contribution in [3.8, 4) is 0 Å². The minimum atomic E-state index is -0.373. The van der Waals surface area contributed by atoms with E-state index in [0.717, 1.165) is 4.52 Å². The van der Waals surface area contributed by atoms with Crippen molar-refractivity contribution < 1.29 is 4.79 Å². The topological polar surface area (TPSA) is 105 Å². The molecule has 3 aromatic heterocycles. The average molecular weight is 270 g/mol. The first-order valence-corrected chi connectivity index (χ1v) is 5.81. The van der Waals surface area contributed by atoms with Crippen LogP contribution in [-0.2, 0) is 0 Å². The van der Waals surface area contributed by atoms with Crippen LogP contribution >= 0.6 is 0 Å². The van der Waals surface area contributed by atoms with E-state index in [4.69, 9.17) is 0 Å². The molecular formula is C12H10N6O2. The van der Waals surface area contributed by atoms with Crippen LogP contribution in [0.3, 0.4) is 0 Å². The minimum Gasteiger partial charge on any atom is -0.291 e. The molecule has 0 aliphatic rings. The quantitative estimate of drug-likeness (QED) is 0.700. The molecule has 0 atom stereocenters. The molecule has 0 bridgehead atoms. The second kappa shape index (κ2) is 4.57. The molecule has 0 aliphatic carbocycles. The number of carbonyl (C=O) groups is 1. The first-order chi connectivity index (χ1) is 9.63. The van der Waals surface area contributed by atoms with Crippen LogP contribution in [0.1, 0.15) is 16.1 Å². The summed E-state index contributed by atoms with van der Waals surface area (Å²) in [5.41, 5.74) is 0.665. The number of H-pyrrole nitrogens is 1. The average Bonchev–Trinajstić information content (AvgIpc) is 2.82. The summed E-state index contributed by atoms with van der Waals surface area (Å²) in [5.74, 6) is -0.0209. The van der Waals surface area contributed by atoms with Crippen LogP contribution in [0.5, 0.6) is 0 Å². The second-order valence-electron chi connectivity index (χ2n) is 4.14. The molecule has 0 fully saturated rings. The molecule has 8 nitrogen and oxygen atoms in total. The van der Waals surface area contributed by atoms with E-state index < -0.39 is 0 Å². The Morgan fingerprint density at radius 1 is 1.40 bits per heavy atom. The van der Waals surface area contributed by atoms with Gasteiger partial charge in [-0.25, -0.2) is 4.98 Å². The summed E-state index contributed by atoms with van der Waals surface area (Å²) in [4.78, 5) is 35.6. The fraction of sp³-hybridized carbons (Fsp3) is 0.0833. The van der Waals surface area contributed by atoms with Gasteiger partial charge in [0.15, 0.2) is 0 Å². The predicted octanol–water partition coefficient (Wildman–Crippen LogP) is 0.373. The summed E-state index contributed by atoms with van der Waals surface area (Å²) in [7, 11) is 0. The lowest BCUT2D eigenvalue weighted by atomic mass is 10.3. The largest absolute Gasteiger partial charge is 0.291 e. The van der Waals surface area contributed by atoms with Crippen molar-refractivity contribution in [3.63, 3.8) is 0 Å². The predicted molar refractivity (Wildman–Crippen MR) is 70.5 cm³/mol. The lowest BCUT2D eigenvalue weighted by molar-refractivity contribution is 0.102. The Hall–Kier alpha value is -3.03. The summed E-state index contributed by atoms with van der Waals surface area (Å²) in [6, 6.07) is 4.65. The molecule has 8 heteroatoms. The first-order valence-electron chi connectivity index (χ1n) is 5.81. The Kier molecular flexibility index (Phi) is 2.75. The van der Waals surface area contributed by atoms with E-state index in [2.05, 4.69) is 25.4 Å². The smallest absolute Gasteiger partial charge is 0.274 e. The molecule has 0 aromatic carbocycles. The highest BCUT2D eigenvalue weighted by Crippen LogP contribution is 2.04. The minimum absolute atomic E-state index is 0.147. The van der Waals surface area contributed by atoms with Crippen molar-refractivity contribution in [1.82, 2.24) is 24.6 Å². The van der Waals surface area contributed by atoms with Gasteiger partial charge in [0.05, 0.1) is 5.56 Å². The molecule has 3 heterocycles. The van der Waals surface area contributed by atoms with Crippen LogP contribution in [0.2, 0.25) is 0 Å². The first kappa shape index (κ1) is 12.0. The van der Waals surface area contributed by atoms with Gasteiger partial charge in [-0.05, 0) is 19.1 Å². The fourth-order valence-corrected chi connectivity index (χ4v) is 1.73.